The van der Waals surface area contributed by atoms with Crippen LogP contribution >= 0.6 is 11.3 Å². The Labute approximate surface area is 158 Å². The van der Waals surface area contributed by atoms with Crippen molar-refractivity contribution < 1.29 is 9.31 Å². The minimum absolute atomic E-state index is 0.0267. The highest BCUT2D eigenvalue weighted by atomic mass is 32.1. The fraction of sp³-hybridized carbons (Fsp3) is 0.0526. The van der Waals surface area contributed by atoms with Crippen LogP contribution in [-0.2, 0) is 0 Å². The molecule has 0 aliphatic carbocycles. The summed E-state index contributed by atoms with van der Waals surface area (Å²) in [6, 6.07) is 12.9. The van der Waals surface area contributed by atoms with E-state index in [-0.39, 0.29) is 17.1 Å². The molecule has 3 rings (SSSR count). The molecule has 1 heterocycles. The van der Waals surface area contributed by atoms with Crippen LogP contribution in [0, 0.1) is 34.2 Å². The molecule has 0 fully saturated rings. The van der Waals surface area contributed by atoms with Gasteiger partial charge in [0.05, 0.1) is 10.6 Å². The summed E-state index contributed by atoms with van der Waals surface area (Å²) in [5.41, 5.74) is 2.44. The molecule has 27 heavy (non-hydrogen) atoms. The number of halogens is 1. The quantitative estimate of drug-likeness (QED) is 0.376. The van der Waals surface area contributed by atoms with Gasteiger partial charge < -0.3 is 5.32 Å². The minimum atomic E-state index is -0.470. The Morgan fingerprint density at radius 2 is 2.19 bits per heavy atom. The molecule has 1 N–H and O–H groups in total. The van der Waals surface area contributed by atoms with E-state index in [1.165, 1.54) is 35.7 Å². The van der Waals surface area contributed by atoms with Crippen LogP contribution in [-0.4, -0.2) is 9.91 Å². The largest absolute Gasteiger partial charge is 0.360 e. The van der Waals surface area contributed by atoms with Gasteiger partial charge in [0.15, 0.2) is 0 Å². The Kier molecular flexibility index (Phi) is 5.24. The van der Waals surface area contributed by atoms with Gasteiger partial charge in [-0.05, 0) is 24.6 Å². The molecule has 0 saturated carbocycles. The van der Waals surface area contributed by atoms with Crippen LogP contribution < -0.4 is 5.32 Å². The smallest absolute Gasteiger partial charge is 0.270 e. The van der Waals surface area contributed by atoms with E-state index in [1.807, 2.05) is 0 Å². The number of aromatic nitrogens is 1. The Morgan fingerprint density at radius 1 is 1.37 bits per heavy atom. The number of nitrogens with zero attached hydrogens (tertiary/aromatic N) is 3. The molecule has 0 bridgehead atoms. The third-order valence-electron chi connectivity index (χ3n) is 3.76. The maximum Gasteiger partial charge on any atom is 0.270 e. The summed E-state index contributed by atoms with van der Waals surface area (Å²) in [5.74, 6) is -0.339. The lowest BCUT2D eigenvalue weighted by atomic mass is 10.1. The molecular formula is C19H13FN4O2S. The van der Waals surface area contributed by atoms with Crippen LogP contribution in [0.1, 0.15) is 10.6 Å². The number of nitro benzene ring substituents is 1. The molecule has 8 heteroatoms. The number of benzene rings is 2. The summed E-state index contributed by atoms with van der Waals surface area (Å²) in [6.45, 7) is 1.67. The number of rotatable bonds is 5. The Bertz CT molecular complexity index is 1090. The highest BCUT2D eigenvalue weighted by Gasteiger charge is 2.12. The van der Waals surface area contributed by atoms with Gasteiger partial charge in [-0.25, -0.2) is 9.37 Å². The van der Waals surface area contributed by atoms with Crippen molar-refractivity contribution in [3.05, 3.63) is 80.5 Å². The van der Waals surface area contributed by atoms with Gasteiger partial charge in [0.2, 0.25) is 0 Å². The second kappa shape index (κ2) is 7.76. The van der Waals surface area contributed by atoms with Crippen LogP contribution in [0.25, 0.3) is 16.8 Å². The van der Waals surface area contributed by atoms with Gasteiger partial charge >= 0.3 is 0 Å². The number of thiazole rings is 1. The number of non-ortho nitro benzene ring substituents is 1. The summed E-state index contributed by atoms with van der Waals surface area (Å²) < 4.78 is 13.6. The van der Waals surface area contributed by atoms with E-state index >= 15 is 0 Å². The monoisotopic (exact) mass is 380 g/mol. The number of nitro groups is 1. The zero-order valence-electron chi connectivity index (χ0n) is 14.1. The number of nitrogens with one attached hydrogen (secondary N) is 1. The number of hydrogen-bond acceptors (Lipinski definition) is 6. The fourth-order valence-corrected chi connectivity index (χ4v) is 3.08. The molecule has 0 aliphatic rings. The molecule has 1 aromatic heterocycles. The van der Waals surface area contributed by atoms with Gasteiger partial charge in [-0.2, -0.15) is 5.26 Å². The molecule has 0 unspecified atom stereocenters. The third kappa shape index (κ3) is 4.16. The standard InChI is InChI=1S/C19H13FN4O2S/c1-12-5-6-15(8-17(12)20)22-10-14(9-21)19-23-18(11-27-19)13-3-2-4-16(7-13)24(25)26/h2-8,10-11,22H,1H3/b14-10+. The molecule has 0 aliphatic heterocycles. The second-order valence-corrected chi connectivity index (χ2v) is 6.48. The van der Waals surface area contributed by atoms with E-state index in [2.05, 4.69) is 16.4 Å². The Balaban J connectivity index is 1.85. The summed E-state index contributed by atoms with van der Waals surface area (Å²) in [6.07, 6.45) is 1.46. The molecule has 0 radical (unpaired) electrons. The number of aryl methyl sites for hydroxylation is 1. The lowest BCUT2D eigenvalue weighted by molar-refractivity contribution is -0.384. The lowest BCUT2D eigenvalue weighted by Crippen LogP contribution is -1.93. The highest BCUT2D eigenvalue weighted by molar-refractivity contribution is 7.11. The number of allylic oxidation sites excluding steroid dienone is 1. The molecule has 0 spiro atoms. The van der Waals surface area contributed by atoms with Crippen molar-refractivity contribution in [3.8, 4) is 17.3 Å². The summed E-state index contributed by atoms with van der Waals surface area (Å²) >= 11 is 1.25. The zero-order valence-corrected chi connectivity index (χ0v) is 15.0. The normalized spacial score (nSPS) is 11.1. The predicted molar refractivity (Wildman–Crippen MR) is 103 cm³/mol. The molecule has 0 amide bonds. The SMILES string of the molecule is Cc1ccc(N/C=C(\C#N)c2nc(-c3cccc([N+](=O)[O-])c3)cs2)cc1F. The van der Waals surface area contributed by atoms with Crippen molar-refractivity contribution in [3.63, 3.8) is 0 Å². The maximum absolute atomic E-state index is 13.6. The van der Waals surface area contributed by atoms with Crippen LogP contribution in [0.15, 0.2) is 54.0 Å². The van der Waals surface area contributed by atoms with E-state index in [0.717, 1.165) is 0 Å². The number of anilines is 1. The first-order valence-corrected chi connectivity index (χ1v) is 8.69. The van der Waals surface area contributed by atoms with Crippen LogP contribution in [0.5, 0.6) is 0 Å². The number of nitriles is 1. The van der Waals surface area contributed by atoms with Gasteiger partial charge in [0.1, 0.15) is 22.5 Å². The van der Waals surface area contributed by atoms with Crippen molar-refractivity contribution in [2.45, 2.75) is 6.92 Å². The molecule has 134 valence electrons. The van der Waals surface area contributed by atoms with Gasteiger partial charge in [-0.3, -0.25) is 10.1 Å². The van der Waals surface area contributed by atoms with Crippen molar-refractivity contribution in [1.29, 1.82) is 5.26 Å². The molecule has 0 atom stereocenters. The van der Waals surface area contributed by atoms with Crippen molar-refractivity contribution >= 4 is 28.3 Å². The average molecular weight is 380 g/mol. The highest BCUT2D eigenvalue weighted by Crippen LogP contribution is 2.28. The van der Waals surface area contributed by atoms with E-state index < -0.39 is 4.92 Å². The zero-order chi connectivity index (χ0) is 19.4. The van der Waals surface area contributed by atoms with E-state index in [9.17, 15) is 19.8 Å². The fourth-order valence-electron chi connectivity index (χ4n) is 2.29. The molecule has 0 saturated heterocycles. The van der Waals surface area contributed by atoms with Gasteiger partial charge in [-0.15, -0.1) is 11.3 Å². The van der Waals surface area contributed by atoms with Crippen molar-refractivity contribution in [1.82, 2.24) is 4.98 Å². The van der Waals surface area contributed by atoms with Gasteiger partial charge in [-0.1, -0.05) is 18.2 Å². The summed E-state index contributed by atoms with van der Waals surface area (Å²) in [7, 11) is 0. The summed E-state index contributed by atoms with van der Waals surface area (Å²) in [5, 5.41) is 25.4. The lowest BCUT2D eigenvalue weighted by Gasteiger charge is -2.03. The predicted octanol–water partition coefficient (Wildman–Crippen LogP) is 5.14. The topological polar surface area (TPSA) is 91.8 Å². The van der Waals surface area contributed by atoms with E-state index in [4.69, 9.17) is 0 Å². The average Bonchev–Trinajstić information content (AvgIpc) is 3.15. The molecule has 3 aromatic rings. The molecular weight excluding hydrogens is 367 g/mol. The van der Waals surface area contributed by atoms with E-state index in [0.29, 0.717) is 27.5 Å². The van der Waals surface area contributed by atoms with Gasteiger partial charge in [0, 0.05) is 35.0 Å². The molecule has 2 aromatic carbocycles. The minimum Gasteiger partial charge on any atom is -0.360 e. The third-order valence-corrected chi connectivity index (χ3v) is 4.64. The number of hydrogen-bond donors (Lipinski definition) is 1. The van der Waals surface area contributed by atoms with E-state index in [1.54, 1.807) is 36.6 Å². The van der Waals surface area contributed by atoms with Crippen LogP contribution in [0.2, 0.25) is 0 Å². The first-order valence-electron chi connectivity index (χ1n) is 7.81. The summed E-state index contributed by atoms with van der Waals surface area (Å²) in [4.78, 5) is 14.8. The van der Waals surface area contributed by atoms with Crippen LogP contribution in [0.3, 0.4) is 0 Å². The van der Waals surface area contributed by atoms with Crippen molar-refractivity contribution in [2.75, 3.05) is 5.32 Å². The molecule has 6 nitrogen and oxygen atoms in total. The Hall–Kier alpha value is -3.57. The second-order valence-electron chi connectivity index (χ2n) is 5.62. The van der Waals surface area contributed by atoms with Gasteiger partial charge in [0.25, 0.3) is 5.69 Å². The first-order chi connectivity index (χ1) is 13.0. The first kappa shape index (κ1) is 18.2. The Morgan fingerprint density at radius 3 is 2.89 bits per heavy atom. The maximum atomic E-state index is 13.6. The van der Waals surface area contributed by atoms with Crippen molar-refractivity contribution in [2.24, 2.45) is 0 Å². The van der Waals surface area contributed by atoms with Crippen LogP contribution in [0.4, 0.5) is 15.8 Å².